The Morgan fingerprint density at radius 1 is 0.941 bits per heavy atom. The van der Waals surface area contributed by atoms with Crippen molar-refractivity contribution in [1.29, 1.82) is 0 Å². The summed E-state index contributed by atoms with van der Waals surface area (Å²) in [6.07, 6.45) is 12.8. The molecule has 0 amide bonds. The molecule has 2 rings (SSSR count). The number of hydrogen-bond acceptors (Lipinski definition) is 2. The first-order chi connectivity index (χ1) is 8.42. The normalized spacial score (nSPS) is 32.3. The molecule has 2 atom stereocenters. The molecule has 2 fully saturated rings. The molecule has 1 aliphatic carbocycles. The predicted molar refractivity (Wildman–Crippen MR) is 74.4 cm³/mol. The fourth-order valence-electron chi connectivity index (χ4n) is 3.54. The minimum absolute atomic E-state index is 0.774. The second kappa shape index (κ2) is 7.38. The van der Waals surface area contributed by atoms with Crippen LogP contribution in [0.4, 0.5) is 0 Å². The number of rotatable bonds is 4. The molecule has 2 nitrogen and oxygen atoms in total. The summed E-state index contributed by atoms with van der Waals surface area (Å²) < 4.78 is 0. The van der Waals surface area contributed by atoms with Gasteiger partial charge in [-0.25, -0.2) is 0 Å². The Morgan fingerprint density at radius 2 is 1.65 bits per heavy atom. The number of piperidine rings is 1. The van der Waals surface area contributed by atoms with E-state index in [0.717, 1.165) is 12.1 Å². The average molecular weight is 238 g/mol. The fraction of sp³-hybridized carbons (Fsp3) is 1.00. The molecule has 0 aromatic carbocycles. The van der Waals surface area contributed by atoms with Crippen LogP contribution in [0.25, 0.3) is 0 Å². The highest BCUT2D eigenvalue weighted by molar-refractivity contribution is 4.87. The molecule has 1 aliphatic heterocycles. The molecule has 0 bridgehead atoms. The van der Waals surface area contributed by atoms with Crippen LogP contribution in [0.5, 0.6) is 0 Å². The van der Waals surface area contributed by atoms with Gasteiger partial charge in [0.1, 0.15) is 0 Å². The number of hydrogen-bond donors (Lipinski definition) is 1. The maximum absolute atomic E-state index is 3.82. The summed E-state index contributed by atoms with van der Waals surface area (Å²) in [6.45, 7) is 6.19. The lowest BCUT2D eigenvalue weighted by Gasteiger charge is -2.39. The minimum Gasteiger partial charge on any atom is -0.312 e. The lowest BCUT2D eigenvalue weighted by atomic mass is 9.98. The summed E-state index contributed by atoms with van der Waals surface area (Å²) in [5, 5.41) is 3.82. The standard InChI is InChI=1S/C15H30N2/c1-2-11-16-14-9-5-3-6-10-15(14)17-12-7-4-8-13-17/h14-16H,2-13H2,1H3. The van der Waals surface area contributed by atoms with Gasteiger partial charge in [-0.15, -0.1) is 0 Å². The van der Waals surface area contributed by atoms with Crippen molar-refractivity contribution < 1.29 is 0 Å². The maximum atomic E-state index is 3.82. The van der Waals surface area contributed by atoms with E-state index < -0.39 is 0 Å². The second-order valence-corrected chi connectivity index (χ2v) is 5.86. The van der Waals surface area contributed by atoms with Crippen LogP contribution in [-0.2, 0) is 0 Å². The van der Waals surface area contributed by atoms with E-state index in [-0.39, 0.29) is 0 Å². The molecular formula is C15H30N2. The van der Waals surface area contributed by atoms with E-state index in [0.29, 0.717) is 0 Å². The highest BCUT2D eigenvalue weighted by Gasteiger charge is 2.28. The predicted octanol–water partition coefficient (Wildman–Crippen LogP) is 3.17. The van der Waals surface area contributed by atoms with Gasteiger partial charge < -0.3 is 5.32 Å². The van der Waals surface area contributed by atoms with Crippen LogP contribution in [-0.4, -0.2) is 36.6 Å². The van der Waals surface area contributed by atoms with E-state index in [4.69, 9.17) is 0 Å². The SMILES string of the molecule is CCCNC1CCCCCC1N1CCCCC1. The first-order valence-electron chi connectivity index (χ1n) is 7.89. The first-order valence-corrected chi connectivity index (χ1v) is 7.89. The first kappa shape index (κ1) is 13.4. The maximum Gasteiger partial charge on any atom is 0.0249 e. The van der Waals surface area contributed by atoms with Gasteiger partial charge in [0, 0.05) is 12.1 Å². The quantitative estimate of drug-likeness (QED) is 0.757. The summed E-state index contributed by atoms with van der Waals surface area (Å²) in [7, 11) is 0. The number of nitrogens with one attached hydrogen (secondary N) is 1. The monoisotopic (exact) mass is 238 g/mol. The van der Waals surface area contributed by atoms with Crippen LogP contribution in [0.2, 0.25) is 0 Å². The van der Waals surface area contributed by atoms with E-state index in [1.165, 1.54) is 77.4 Å². The molecule has 0 aromatic heterocycles. The highest BCUT2D eigenvalue weighted by atomic mass is 15.2. The summed E-state index contributed by atoms with van der Waals surface area (Å²) in [5.74, 6) is 0. The lowest BCUT2D eigenvalue weighted by molar-refractivity contribution is 0.123. The topological polar surface area (TPSA) is 15.3 Å². The van der Waals surface area contributed by atoms with E-state index in [9.17, 15) is 0 Å². The van der Waals surface area contributed by atoms with Crippen molar-refractivity contribution in [3.05, 3.63) is 0 Å². The van der Waals surface area contributed by atoms with Gasteiger partial charge >= 0.3 is 0 Å². The molecule has 2 unspecified atom stereocenters. The van der Waals surface area contributed by atoms with Gasteiger partial charge in [0.15, 0.2) is 0 Å². The molecule has 1 saturated carbocycles. The molecule has 1 saturated heterocycles. The largest absolute Gasteiger partial charge is 0.312 e. The summed E-state index contributed by atoms with van der Waals surface area (Å²) in [4.78, 5) is 2.79. The smallest absolute Gasteiger partial charge is 0.0249 e. The Morgan fingerprint density at radius 3 is 2.41 bits per heavy atom. The molecule has 100 valence electrons. The molecule has 1 N–H and O–H groups in total. The Bertz CT molecular complexity index is 199. The van der Waals surface area contributed by atoms with Crippen molar-refractivity contribution in [1.82, 2.24) is 10.2 Å². The van der Waals surface area contributed by atoms with Crippen molar-refractivity contribution in [2.45, 2.75) is 76.8 Å². The number of nitrogens with zero attached hydrogens (tertiary/aromatic N) is 1. The summed E-state index contributed by atoms with van der Waals surface area (Å²) in [5.41, 5.74) is 0. The van der Waals surface area contributed by atoms with Crippen molar-refractivity contribution in [2.24, 2.45) is 0 Å². The Hall–Kier alpha value is -0.0800. The van der Waals surface area contributed by atoms with Crippen LogP contribution in [0.1, 0.15) is 64.7 Å². The van der Waals surface area contributed by atoms with Crippen LogP contribution in [0.3, 0.4) is 0 Å². The molecular weight excluding hydrogens is 208 g/mol. The Kier molecular flexibility index (Phi) is 5.79. The fourth-order valence-corrected chi connectivity index (χ4v) is 3.54. The third kappa shape index (κ3) is 3.96. The third-order valence-electron chi connectivity index (χ3n) is 4.50. The average Bonchev–Trinajstić information content (AvgIpc) is 2.62. The van der Waals surface area contributed by atoms with Gasteiger partial charge in [-0.3, -0.25) is 4.90 Å². The Balaban J connectivity index is 1.92. The zero-order valence-corrected chi connectivity index (χ0v) is 11.6. The van der Waals surface area contributed by atoms with E-state index in [1.54, 1.807) is 0 Å². The third-order valence-corrected chi connectivity index (χ3v) is 4.50. The highest BCUT2D eigenvalue weighted by Crippen LogP contribution is 2.25. The van der Waals surface area contributed by atoms with Crippen molar-refractivity contribution in [3.63, 3.8) is 0 Å². The zero-order valence-electron chi connectivity index (χ0n) is 11.6. The van der Waals surface area contributed by atoms with Gasteiger partial charge in [0.05, 0.1) is 0 Å². The molecule has 17 heavy (non-hydrogen) atoms. The van der Waals surface area contributed by atoms with Gasteiger partial charge in [-0.1, -0.05) is 32.6 Å². The van der Waals surface area contributed by atoms with E-state index >= 15 is 0 Å². The van der Waals surface area contributed by atoms with Gasteiger partial charge in [0.25, 0.3) is 0 Å². The second-order valence-electron chi connectivity index (χ2n) is 5.86. The molecule has 2 aliphatic rings. The molecule has 0 radical (unpaired) electrons. The van der Waals surface area contributed by atoms with Crippen LogP contribution in [0, 0.1) is 0 Å². The van der Waals surface area contributed by atoms with Gasteiger partial charge in [-0.05, 0) is 51.7 Å². The summed E-state index contributed by atoms with van der Waals surface area (Å²) in [6, 6.07) is 1.61. The molecule has 2 heteroatoms. The molecule has 1 heterocycles. The van der Waals surface area contributed by atoms with E-state index in [2.05, 4.69) is 17.1 Å². The summed E-state index contributed by atoms with van der Waals surface area (Å²) >= 11 is 0. The van der Waals surface area contributed by atoms with Crippen LogP contribution in [0.15, 0.2) is 0 Å². The van der Waals surface area contributed by atoms with Crippen molar-refractivity contribution in [2.75, 3.05) is 19.6 Å². The molecule has 0 spiro atoms. The van der Waals surface area contributed by atoms with Gasteiger partial charge in [-0.2, -0.15) is 0 Å². The van der Waals surface area contributed by atoms with Gasteiger partial charge in [0.2, 0.25) is 0 Å². The van der Waals surface area contributed by atoms with E-state index in [1.807, 2.05) is 0 Å². The van der Waals surface area contributed by atoms with Crippen LogP contribution >= 0.6 is 0 Å². The lowest BCUT2D eigenvalue weighted by Crippen LogP contribution is -2.51. The van der Waals surface area contributed by atoms with Crippen LogP contribution < -0.4 is 5.32 Å². The Labute approximate surface area is 107 Å². The minimum atomic E-state index is 0.774. The number of likely N-dealkylation sites (tertiary alicyclic amines) is 1. The van der Waals surface area contributed by atoms with Crippen molar-refractivity contribution >= 4 is 0 Å². The van der Waals surface area contributed by atoms with Crippen molar-refractivity contribution in [3.8, 4) is 0 Å². The zero-order chi connectivity index (χ0) is 11.9. The molecule has 0 aromatic rings.